The van der Waals surface area contributed by atoms with Crippen LogP contribution in [-0.2, 0) is 16.4 Å². The van der Waals surface area contributed by atoms with Crippen LogP contribution >= 0.6 is 27.5 Å². The summed E-state index contributed by atoms with van der Waals surface area (Å²) >= 11 is 9.12. The molecule has 0 bridgehead atoms. The van der Waals surface area contributed by atoms with Crippen LogP contribution in [0.1, 0.15) is 5.56 Å². The fourth-order valence-electron chi connectivity index (χ4n) is 1.59. The van der Waals surface area contributed by atoms with Crippen LogP contribution in [-0.4, -0.2) is 19.2 Å². The molecule has 1 aromatic carbocycles. The van der Waals surface area contributed by atoms with Crippen molar-refractivity contribution in [1.82, 2.24) is 4.98 Å². The predicted octanol–water partition coefficient (Wildman–Crippen LogP) is 3.48. The van der Waals surface area contributed by atoms with Gasteiger partial charge >= 0.3 is 0 Å². The van der Waals surface area contributed by atoms with Gasteiger partial charge in [0.1, 0.15) is 0 Å². The average molecular weight is 376 g/mol. The molecule has 0 atom stereocenters. The van der Waals surface area contributed by atoms with E-state index >= 15 is 0 Å². The molecule has 0 aliphatic carbocycles. The van der Waals surface area contributed by atoms with Gasteiger partial charge in [-0.05, 0) is 58.2 Å². The van der Waals surface area contributed by atoms with Crippen molar-refractivity contribution in [3.63, 3.8) is 0 Å². The largest absolute Gasteiger partial charge is 0.284 e. The highest BCUT2D eigenvalue weighted by Crippen LogP contribution is 2.26. The molecule has 0 amide bonds. The van der Waals surface area contributed by atoms with Gasteiger partial charge in [0.05, 0.1) is 10.8 Å². The molecular weight excluding hydrogens is 364 g/mol. The molecule has 0 spiro atoms. The number of hydrogen-bond donors (Lipinski definition) is 1. The molecule has 0 aliphatic rings. The molecule has 4 nitrogen and oxygen atoms in total. The summed E-state index contributed by atoms with van der Waals surface area (Å²) in [6, 6.07) is 8.48. The Bertz CT molecular complexity index is 693. The zero-order valence-electron chi connectivity index (χ0n) is 10.4. The smallest absolute Gasteiger partial charge is 0.233 e. The minimum absolute atomic E-state index is 0.0112. The summed E-state index contributed by atoms with van der Waals surface area (Å²) < 4.78 is 27.2. The SMILES string of the molecule is O=S(=O)(CCc1ccncc1)Nc1ccc(Cl)c(Br)c1. The number of halogens is 2. The van der Waals surface area contributed by atoms with E-state index in [9.17, 15) is 8.42 Å². The maximum absolute atomic E-state index is 12.0. The number of hydrogen-bond acceptors (Lipinski definition) is 3. The Labute approximate surface area is 131 Å². The standard InChI is InChI=1S/C13H12BrClN2O2S/c14-12-9-11(1-2-13(12)15)17-20(18,19)8-5-10-3-6-16-7-4-10/h1-4,6-7,9,17H,5,8H2. The van der Waals surface area contributed by atoms with Crippen LogP contribution in [0, 0.1) is 0 Å². The molecule has 0 fully saturated rings. The Morgan fingerprint density at radius 1 is 1.20 bits per heavy atom. The lowest BCUT2D eigenvalue weighted by atomic mass is 10.2. The highest BCUT2D eigenvalue weighted by atomic mass is 79.9. The van der Waals surface area contributed by atoms with E-state index in [2.05, 4.69) is 25.6 Å². The summed E-state index contributed by atoms with van der Waals surface area (Å²) in [5, 5.41) is 0.532. The number of nitrogens with one attached hydrogen (secondary N) is 1. The Balaban J connectivity index is 2.02. The summed E-state index contributed by atoms with van der Waals surface area (Å²) in [5.41, 5.74) is 1.42. The lowest BCUT2D eigenvalue weighted by Gasteiger charge is -2.09. The Hall–Kier alpha value is -1.11. The Kier molecular flexibility index (Phi) is 5.01. The molecule has 2 rings (SSSR count). The lowest BCUT2D eigenvalue weighted by Crippen LogP contribution is -2.18. The van der Waals surface area contributed by atoms with Crippen molar-refractivity contribution in [2.45, 2.75) is 6.42 Å². The molecule has 106 valence electrons. The second-order valence-corrected chi connectivity index (χ2v) is 7.26. The van der Waals surface area contributed by atoms with Crippen molar-refractivity contribution in [1.29, 1.82) is 0 Å². The molecule has 0 unspecified atom stereocenters. The molecule has 2 aromatic rings. The van der Waals surface area contributed by atoms with Gasteiger partial charge in [-0.1, -0.05) is 11.6 Å². The van der Waals surface area contributed by atoms with Crippen molar-refractivity contribution in [3.05, 3.63) is 57.8 Å². The van der Waals surface area contributed by atoms with E-state index in [0.717, 1.165) is 5.56 Å². The molecule has 0 saturated heterocycles. The van der Waals surface area contributed by atoms with Crippen molar-refractivity contribution in [2.24, 2.45) is 0 Å². The fourth-order valence-corrected chi connectivity index (χ4v) is 3.18. The minimum Gasteiger partial charge on any atom is -0.284 e. The highest BCUT2D eigenvalue weighted by molar-refractivity contribution is 9.10. The number of nitrogens with zero attached hydrogens (tertiary/aromatic N) is 1. The predicted molar refractivity (Wildman–Crippen MR) is 84.5 cm³/mol. The van der Waals surface area contributed by atoms with Gasteiger partial charge < -0.3 is 0 Å². The lowest BCUT2D eigenvalue weighted by molar-refractivity contribution is 0.600. The zero-order valence-corrected chi connectivity index (χ0v) is 13.5. The third-order valence-corrected chi connectivity index (χ3v) is 5.10. The first kappa shape index (κ1) is 15.3. The van der Waals surface area contributed by atoms with Crippen molar-refractivity contribution in [3.8, 4) is 0 Å². The number of anilines is 1. The van der Waals surface area contributed by atoms with E-state index in [1.54, 1.807) is 42.7 Å². The molecule has 7 heteroatoms. The quantitative estimate of drug-likeness (QED) is 0.870. The van der Waals surface area contributed by atoms with E-state index < -0.39 is 10.0 Å². The summed E-state index contributed by atoms with van der Waals surface area (Å²) in [6.45, 7) is 0. The second kappa shape index (κ2) is 6.56. The Morgan fingerprint density at radius 3 is 2.55 bits per heavy atom. The van der Waals surface area contributed by atoms with Crippen LogP contribution in [0.3, 0.4) is 0 Å². The summed E-state index contributed by atoms with van der Waals surface area (Å²) in [6.07, 6.45) is 3.73. The van der Waals surface area contributed by atoms with Crippen LogP contribution in [0.15, 0.2) is 47.2 Å². The first-order chi connectivity index (χ1) is 9.46. The monoisotopic (exact) mass is 374 g/mol. The van der Waals surface area contributed by atoms with E-state index in [1.807, 2.05) is 0 Å². The number of sulfonamides is 1. The number of aryl methyl sites for hydroxylation is 1. The van der Waals surface area contributed by atoms with Crippen LogP contribution < -0.4 is 4.72 Å². The summed E-state index contributed by atoms with van der Waals surface area (Å²) in [4.78, 5) is 3.89. The van der Waals surface area contributed by atoms with Gasteiger partial charge in [-0.2, -0.15) is 0 Å². The second-order valence-electron chi connectivity index (χ2n) is 4.16. The van der Waals surface area contributed by atoms with Crippen LogP contribution in [0.4, 0.5) is 5.69 Å². The van der Waals surface area contributed by atoms with Gasteiger partial charge in [0.2, 0.25) is 10.0 Å². The molecule has 0 saturated carbocycles. The van der Waals surface area contributed by atoms with Crippen molar-refractivity contribution < 1.29 is 8.42 Å². The van der Waals surface area contributed by atoms with E-state index in [4.69, 9.17) is 11.6 Å². The van der Waals surface area contributed by atoms with Gasteiger partial charge in [0.25, 0.3) is 0 Å². The highest BCUT2D eigenvalue weighted by Gasteiger charge is 2.11. The third kappa shape index (κ3) is 4.47. The minimum atomic E-state index is -3.40. The molecule has 20 heavy (non-hydrogen) atoms. The maximum atomic E-state index is 12.0. The number of rotatable bonds is 5. The molecular formula is C13H12BrClN2O2S. The van der Waals surface area contributed by atoms with Crippen LogP contribution in [0.25, 0.3) is 0 Å². The Morgan fingerprint density at radius 2 is 1.90 bits per heavy atom. The fraction of sp³-hybridized carbons (Fsp3) is 0.154. The molecule has 0 aliphatic heterocycles. The molecule has 1 aromatic heterocycles. The normalized spacial score (nSPS) is 11.3. The van der Waals surface area contributed by atoms with E-state index in [0.29, 0.717) is 21.6 Å². The van der Waals surface area contributed by atoms with E-state index in [1.165, 1.54) is 0 Å². The first-order valence-corrected chi connectivity index (χ1v) is 8.63. The average Bonchev–Trinajstić information content (AvgIpc) is 2.42. The zero-order chi connectivity index (χ0) is 14.6. The first-order valence-electron chi connectivity index (χ1n) is 5.81. The van der Waals surface area contributed by atoms with Gasteiger partial charge in [0, 0.05) is 22.6 Å². The van der Waals surface area contributed by atoms with Crippen LogP contribution in [0.5, 0.6) is 0 Å². The number of pyridine rings is 1. The summed E-state index contributed by atoms with van der Waals surface area (Å²) in [7, 11) is -3.40. The molecule has 1 heterocycles. The maximum Gasteiger partial charge on any atom is 0.233 e. The topological polar surface area (TPSA) is 59.1 Å². The van der Waals surface area contributed by atoms with Crippen molar-refractivity contribution in [2.75, 3.05) is 10.5 Å². The van der Waals surface area contributed by atoms with Crippen LogP contribution in [0.2, 0.25) is 5.02 Å². The number of aromatic nitrogens is 1. The van der Waals surface area contributed by atoms with Gasteiger partial charge in [-0.3, -0.25) is 9.71 Å². The third-order valence-electron chi connectivity index (χ3n) is 2.60. The van der Waals surface area contributed by atoms with Gasteiger partial charge in [-0.25, -0.2) is 8.42 Å². The van der Waals surface area contributed by atoms with Crippen molar-refractivity contribution >= 4 is 43.2 Å². The summed E-state index contributed by atoms with van der Waals surface area (Å²) in [5.74, 6) is 0.0112. The van der Waals surface area contributed by atoms with Gasteiger partial charge in [-0.15, -0.1) is 0 Å². The molecule has 1 N–H and O–H groups in total. The van der Waals surface area contributed by atoms with E-state index in [-0.39, 0.29) is 5.75 Å². The van der Waals surface area contributed by atoms with Gasteiger partial charge in [0.15, 0.2) is 0 Å². The molecule has 0 radical (unpaired) electrons. The number of benzene rings is 1.